The third-order valence-electron chi connectivity index (χ3n) is 6.63. The van der Waals surface area contributed by atoms with Gasteiger partial charge in [0.25, 0.3) is 0 Å². The molecule has 4 aliphatic heterocycles. The van der Waals surface area contributed by atoms with Crippen molar-refractivity contribution >= 4 is 28.5 Å². The zero-order valence-corrected chi connectivity index (χ0v) is 16.4. The fraction of sp³-hybridized carbons (Fsp3) is 0.944. The van der Waals surface area contributed by atoms with Crippen LogP contribution in [0, 0.1) is 11.8 Å². The molecule has 22 heavy (non-hydrogen) atoms. The van der Waals surface area contributed by atoms with E-state index in [2.05, 4.69) is 41.5 Å². The lowest BCUT2D eigenvalue weighted by Gasteiger charge is -2.61. The van der Waals surface area contributed by atoms with Crippen LogP contribution in [0.4, 0.5) is 0 Å². The van der Waals surface area contributed by atoms with Crippen molar-refractivity contribution in [1.29, 1.82) is 0 Å². The van der Waals surface area contributed by atoms with Crippen LogP contribution in [0.5, 0.6) is 0 Å². The topological polar surface area (TPSA) is 20.3 Å². The van der Waals surface area contributed by atoms with E-state index in [1.807, 2.05) is 0 Å². The Balaban J connectivity index is 0.000000446. The number of amides is 1. The number of carbonyl (C=O) groups is 1. The second kappa shape index (κ2) is 6.96. The fourth-order valence-corrected chi connectivity index (χ4v) is 5.98. The second-order valence-corrected chi connectivity index (χ2v) is 9.42. The van der Waals surface area contributed by atoms with Gasteiger partial charge in [-0.25, -0.2) is 0 Å². The minimum Gasteiger partial charge on any atom is -0.339 e. The number of carbonyl (C=O) groups excluding carboxylic acids is 1. The molecular formula is C18H32IN2O+. The smallest absolute Gasteiger partial charge is 0.222 e. The molecule has 0 saturated carbocycles. The van der Waals surface area contributed by atoms with Gasteiger partial charge in [0.15, 0.2) is 0 Å². The van der Waals surface area contributed by atoms with Gasteiger partial charge >= 0.3 is 0 Å². The van der Waals surface area contributed by atoms with Crippen LogP contribution in [0.2, 0.25) is 0 Å². The van der Waals surface area contributed by atoms with Crippen LogP contribution in [0.25, 0.3) is 0 Å². The van der Waals surface area contributed by atoms with Crippen LogP contribution in [0.1, 0.15) is 51.9 Å². The van der Waals surface area contributed by atoms with E-state index in [-0.39, 0.29) is 0 Å². The predicted octanol–water partition coefficient (Wildman–Crippen LogP) is 3.46. The Morgan fingerprint density at radius 2 is 1.86 bits per heavy atom. The molecule has 126 valence electrons. The molecule has 0 N–H and O–H groups in total. The van der Waals surface area contributed by atoms with Gasteiger partial charge in [-0.05, 0) is 43.0 Å². The molecule has 1 amide bonds. The molecule has 4 saturated heterocycles. The van der Waals surface area contributed by atoms with Crippen LogP contribution < -0.4 is 0 Å². The Labute approximate surface area is 149 Å². The van der Waals surface area contributed by atoms with Crippen LogP contribution in [-0.4, -0.2) is 58.5 Å². The van der Waals surface area contributed by atoms with Gasteiger partial charge in [-0.15, -0.1) is 0 Å². The molecule has 4 heteroatoms. The summed E-state index contributed by atoms with van der Waals surface area (Å²) in [5, 5.41) is 0. The average Bonchev–Trinajstić information content (AvgIpc) is 2.49. The number of halogens is 1. The first kappa shape index (κ1) is 17.0. The Bertz CT molecular complexity index is 412. The molecule has 0 aromatic heterocycles. The third kappa shape index (κ3) is 2.94. The van der Waals surface area contributed by atoms with Crippen molar-refractivity contribution in [3.8, 4) is 0 Å². The van der Waals surface area contributed by atoms with Crippen molar-refractivity contribution in [2.24, 2.45) is 11.8 Å². The van der Waals surface area contributed by atoms with Crippen LogP contribution >= 0.6 is 22.6 Å². The zero-order valence-electron chi connectivity index (χ0n) is 14.3. The van der Waals surface area contributed by atoms with Crippen LogP contribution in [-0.2, 0) is 4.79 Å². The number of nitrogens with zero attached hydrogens (tertiary/aromatic N) is 2. The molecule has 5 atom stereocenters. The van der Waals surface area contributed by atoms with E-state index in [1.165, 1.54) is 54.1 Å². The highest BCUT2D eigenvalue weighted by Crippen LogP contribution is 2.47. The monoisotopic (exact) mass is 419 g/mol. The highest BCUT2D eigenvalue weighted by molar-refractivity contribution is 14.1. The third-order valence-corrected chi connectivity index (χ3v) is 6.63. The summed E-state index contributed by atoms with van der Waals surface area (Å²) in [5.41, 5.74) is 0. The highest BCUT2D eigenvalue weighted by Gasteiger charge is 2.56. The molecule has 0 bridgehead atoms. The largest absolute Gasteiger partial charge is 0.339 e. The minimum atomic E-state index is 0.458. The first-order valence-electron chi connectivity index (χ1n) is 9.30. The van der Waals surface area contributed by atoms with Crippen molar-refractivity contribution in [3.63, 3.8) is 0 Å². The van der Waals surface area contributed by atoms with Crippen molar-refractivity contribution in [1.82, 2.24) is 4.90 Å². The van der Waals surface area contributed by atoms with Crippen molar-refractivity contribution in [2.75, 3.05) is 31.1 Å². The number of rotatable bonds is 0. The first-order valence-corrected chi connectivity index (χ1v) is 10.8. The van der Waals surface area contributed by atoms with Crippen LogP contribution in [0.3, 0.4) is 0 Å². The number of alkyl halides is 1. The van der Waals surface area contributed by atoms with Gasteiger partial charge in [-0.1, -0.05) is 29.5 Å². The van der Waals surface area contributed by atoms with E-state index in [0.29, 0.717) is 11.9 Å². The Hall–Kier alpha value is 0.160. The van der Waals surface area contributed by atoms with E-state index in [9.17, 15) is 4.79 Å². The van der Waals surface area contributed by atoms with E-state index in [1.54, 1.807) is 0 Å². The molecule has 4 aliphatic rings. The lowest BCUT2D eigenvalue weighted by molar-refractivity contribution is -0.952. The number of piperidine rings is 4. The zero-order chi connectivity index (χ0) is 15.7. The van der Waals surface area contributed by atoms with Gasteiger partial charge in [0.05, 0.1) is 26.2 Å². The number of fused-ring (bicyclic) bond motifs is 2. The quantitative estimate of drug-likeness (QED) is 0.335. The summed E-state index contributed by atoms with van der Waals surface area (Å²) in [5.74, 6) is 2.06. The Morgan fingerprint density at radius 1 is 1.18 bits per heavy atom. The summed E-state index contributed by atoms with van der Waals surface area (Å²) < 4.78 is 2.55. The summed E-state index contributed by atoms with van der Waals surface area (Å²) in [6.07, 6.45) is 8.72. The number of quaternary nitrogens is 1. The fourth-order valence-electron chi connectivity index (χ4n) is 5.98. The molecule has 0 spiro atoms. The Morgan fingerprint density at radius 3 is 2.59 bits per heavy atom. The molecule has 4 heterocycles. The van der Waals surface area contributed by atoms with Crippen molar-refractivity contribution in [2.45, 2.75) is 64.0 Å². The van der Waals surface area contributed by atoms with E-state index < -0.39 is 0 Å². The number of hydrogen-bond acceptors (Lipinski definition) is 1. The van der Waals surface area contributed by atoms with E-state index in [4.69, 9.17) is 0 Å². The lowest BCUT2D eigenvalue weighted by atomic mass is 9.67. The van der Waals surface area contributed by atoms with Gasteiger partial charge in [-0.3, -0.25) is 4.79 Å². The highest BCUT2D eigenvalue weighted by atomic mass is 127. The van der Waals surface area contributed by atoms with E-state index >= 15 is 0 Å². The predicted molar refractivity (Wildman–Crippen MR) is 99.1 cm³/mol. The molecular weight excluding hydrogens is 387 g/mol. The summed E-state index contributed by atoms with van der Waals surface area (Å²) in [6.45, 7) is 5.97. The second-order valence-electron chi connectivity index (χ2n) is 7.90. The molecule has 4 rings (SSSR count). The van der Waals surface area contributed by atoms with Gasteiger partial charge in [0, 0.05) is 30.8 Å². The Kier molecular flexibility index (Phi) is 5.38. The normalized spacial score (nSPS) is 43.6. The minimum absolute atomic E-state index is 0.458. The molecule has 0 aromatic carbocycles. The van der Waals surface area contributed by atoms with Gasteiger partial charge < -0.3 is 9.38 Å². The summed E-state index contributed by atoms with van der Waals surface area (Å²) in [6, 6.07) is 1.47. The SMILES string of the molecule is CCI.C[N+]12CCCC3CN4C(=O)CCCC4C(CCC1)C32. The van der Waals surface area contributed by atoms with Gasteiger partial charge in [0.1, 0.15) is 0 Å². The number of hydrogen-bond donors (Lipinski definition) is 0. The maximum Gasteiger partial charge on any atom is 0.222 e. The molecule has 0 aliphatic carbocycles. The molecule has 0 aromatic rings. The van der Waals surface area contributed by atoms with E-state index in [0.717, 1.165) is 37.3 Å². The molecule has 0 radical (unpaired) electrons. The maximum atomic E-state index is 12.3. The molecule has 3 nitrogen and oxygen atoms in total. The van der Waals surface area contributed by atoms with Crippen LogP contribution in [0.15, 0.2) is 0 Å². The molecule has 4 fully saturated rings. The average molecular weight is 419 g/mol. The van der Waals surface area contributed by atoms with Crippen molar-refractivity contribution in [3.05, 3.63) is 0 Å². The standard InChI is InChI=1S/C16H27N2O.C2H5I/c1-18-9-3-5-12-11-17-14(7-2-8-15(17)19)13(16(12)18)6-4-10-18;1-2-3/h12-14,16H,2-11H2,1H3;2H2,1H3/q+1;. The summed E-state index contributed by atoms with van der Waals surface area (Å²) >= 11 is 2.29. The summed E-state index contributed by atoms with van der Waals surface area (Å²) in [7, 11) is 2.50. The van der Waals surface area contributed by atoms with Crippen molar-refractivity contribution < 1.29 is 9.28 Å². The summed E-state index contributed by atoms with van der Waals surface area (Å²) in [4.78, 5) is 14.6. The molecule has 5 unspecified atom stereocenters. The maximum absolute atomic E-state index is 12.3. The lowest BCUT2D eigenvalue weighted by Crippen LogP contribution is -2.72. The van der Waals surface area contributed by atoms with Gasteiger partial charge in [0.2, 0.25) is 5.91 Å². The van der Waals surface area contributed by atoms with Gasteiger partial charge in [-0.2, -0.15) is 0 Å². The first-order chi connectivity index (χ1) is 10.6.